The Labute approximate surface area is 172 Å². The molecule has 1 aromatic heterocycles. The number of rotatable bonds is 6. The van der Waals surface area contributed by atoms with Crippen molar-refractivity contribution in [2.75, 3.05) is 44.2 Å². The Morgan fingerprint density at radius 1 is 1.33 bits per heavy atom. The van der Waals surface area contributed by atoms with Gasteiger partial charge in [0, 0.05) is 37.8 Å². The highest BCUT2D eigenvalue weighted by molar-refractivity contribution is 7.13. The van der Waals surface area contributed by atoms with Crippen LogP contribution in [0.5, 0.6) is 5.75 Å². The van der Waals surface area contributed by atoms with Gasteiger partial charge >= 0.3 is 0 Å². The van der Waals surface area contributed by atoms with Gasteiger partial charge in [-0.05, 0) is 12.1 Å². The molecule has 27 heavy (non-hydrogen) atoms. The van der Waals surface area contributed by atoms with Crippen molar-refractivity contribution in [2.45, 2.75) is 6.10 Å². The van der Waals surface area contributed by atoms with Crippen LogP contribution in [-0.2, 0) is 0 Å². The molecule has 7 nitrogen and oxygen atoms in total. The zero-order valence-corrected chi connectivity index (χ0v) is 16.9. The largest absolute Gasteiger partial charge is 0.489 e. The van der Waals surface area contributed by atoms with E-state index in [0.29, 0.717) is 21.8 Å². The quantitative estimate of drug-likeness (QED) is 0.541. The number of aromatic nitrogens is 1. The van der Waals surface area contributed by atoms with Crippen LogP contribution in [0.15, 0.2) is 34.8 Å². The summed E-state index contributed by atoms with van der Waals surface area (Å²) in [6.07, 6.45) is 1.01. The second-order valence-corrected chi connectivity index (χ2v) is 7.66. The Balaban J connectivity index is 1.44. The van der Waals surface area contributed by atoms with Crippen molar-refractivity contribution in [3.63, 3.8) is 0 Å². The number of hydrogen-bond acceptors (Lipinski definition) is 6. The number of ether oxygens (including phenoxy) is 1. The van der Waals surface area contributed by atoms with Gasteiger partial charge in [-0.3, -0.25) is 4.99 Å². The summed E-state index contributed by atoms with van der Waals surface area (Å²) in [5, 5.41) is 13.8. The number of guanidine groups is 1. The fourth-order valence-corrected chi connectivity index (χ4v) is 3.68. The first-order valence-corrected chi connectivity index (χ1v) is 10.1. The lowest BCUT2D eigenvalue weighted by molar-refractivity contribution is 0.114. The van der Waals surface area contributed by atoms with E-state index in [1.54, 1.807) is 29.5 Å². The van der Waals surface area contributed by atoms with E-state index < -0.39 is 6.10 Å². The Hall–Kier alpha value is -1.74. The SMILES string of the molecule is NC(=NCC(O)COc1cccc(Cl)c1Cl)N1CCN(c2nccs2)CC1. The van der Waals surface area contributed by atoms with E-state index in [-0.39, 0.29) is 13.2 Å². The van der Waals surface area contributed by atoms with Crippen LogP contribution in [-0.4, -0.2) is 66.4 Å². The second-order valence-electron chi connectivity index (χ2n) is 6.00. The van der Waals surface area contributed by atoms with Gasteiger partial charge in [-0.2, -0.15) is 0 Å². The van der Waals surface area contributed by atoms with Gasteiger partial charge in [0.15, 0.2) is 11.1 Å². The highest BCUT2D eigenvalue weighted by Gasteiger charge is 2.20. The maximum Gasteiger partial charge on any atom is 0.191 e. The second kappa shape index (κ2) is 9.45. The fraction of sp³-hybridized carbons (Fsp3) is 0.412. The normalized spacial score (nSPS) is 16.5. The number of aliphatic hydroxyl groups excluding tert-OH is 1. The van der Waals surface area contributed by atoms with Crippen molar-refractivity contribution in [1.29, 1.82) is 0 Å². The molecule has 3 rings (SSSR count). The molecule has 1 atom stereocenters. The molecule has 146 valence electrons. The molecular weight excluding hydrogens is 409 g/mol. The topological polar surface area (TPSA) is 87.2 Å². The first-order chi connectivity index (χ1) is 13.0. The maximum atomic E-state index is 10.1. The van der Waals surface area contributed by atoms with Crippen molar-refractivity contribution in [1.82, 2.24) is 9.88 Å². The van der Waals surface area contributed by atoms with Crippen molar-refractivity contribution >= 4 is 45.6 Å². The van der Waals surface area contributed by atoms with E-state index >= 15 is 0 Å². The molecule has 0 aliphatic carbocycles. The standard InChI is InChI=1S/C17H21Cl2N5O2S/c18-13-2-1-3-14(15(13)19)26-11-12(25)10-22-16(20)23-5-7-24(8-6-23)17-21-4-9-27-17/h1-4,9,12,25H,5-8,10-11H2,(H2,20,22). The summed E-state index contributed by atoms with van der Waals surface area (Å²) < 4.78 is 5.51. The predicted molar refractivity (Wildman–Crippen MR) is 110 cm³/mol. The Morgan fingerprint density at radius 3 is 2.81 bits per heavy atom. The fourth-order valence-electron chi connectivity index (χ4n) is 2.63. The molecule has 1 unspecified atom stereocenters. The summed E-state index contributed by atoms with van der Waals surface area (Å²) in [5.41, 5.74) is 6.07. The van der Waals surface area contributed by atoms with Gasteiger partial charge in [0.1, 0.15) is 23.5 Å². The van der Waals surface area contributed by atoms with Crippen LogP contribution in [0.4, 0.5) is 5.13 Å². The minimum absolute atomic E-state index is 0.0503. The number of piperazine rings is 1. The summed E-state index contributed by atoms with van der Waals surface area (Å²) in [7, 11) is 0. The van der Waals surface area contributed by atoms with Crippen LogP contribution in [0.1, 0.15) is 0 Å². The van der Waals surface area contributed by atoms with E-state index in [0.717, 1.165) is 31.3 Å². The summed E-state index contributed by atoms with van der Waals surface area (Å²) in [5.74, 6) is 0.854. The summed E-state index contributed by atoms with van der Waals surface area (Å²) >= 11 is 13.6. The minimum atomic E-state index is -0.796. The van der Waals surface area contributed by atoms with Crippen molar-refractivity contribution in [2.24, 2.45) is 10.7 Å². The molecule has 0 radical (unpaired) electrons. The molecule has 3 N–H and O–H groups in total. The number of anilines is 1. The van der Waals surface area contributed by atoms with Crippen LogP contribution in [0.2, 0.25) is 10.0 Å². The average Bonchev–Trinajstić information content (AvgIpc) is 3.22. The van der Waals surface area contributed by atoms with E-state index in [4.69, 9.17) is 33.7 Å². The van der Waals surface area contributed by atoms with Gasteiger partial charge in [-0.15, -0.1) is 11.3 Å². The van der Waals surface area contributed by atoms with Crippen LogP contribution in [0, 0.1) is 0 Å². The zero-order chi connectivity index (χ0) is 19.2. The Bertz CT molecular complexity index is 767. The molecule has 0 amide bonds. The van der Waals surface area contributed by atoms with Crippen LogP contribution in [0.3, 0.4) is 0 Å². The van der Waals surface area contributed by atoms with Crippen molar-refractivity contribution in [3.05, 3.63) is 39.8 Å². The molecule has 1 aromatic carbocycles. The molecule has 1 aliphatic rings. The van der Waals surface area contributed by atoms with Gasteiger partial charge in [-0.1, -0.05) is 29.3 Å². The number of nitrogens with zero attached hydrogens (tertiary/aromatic N) is 4. The first-order valence-electron chi connectivity index (χ1n) is 8.49. The number of halogens is 2. The van der Waals surface area contributed by atoms with E-state index in [9.17, 15) is 5.11 Å². The Kier molecular flexibility index (Phi) is 7.01. The van der Waals surface area contributed by atoms with Gasteiger partial charge in [0.25, 0.3) is 0 Å². The molecular formula is C17H21Cl2N5O2S. The van der Waals surface area contributed by atoms with Gasteiger partial charge in [-0.25, -0.2) is 4.98 Å². The predicted octanol–water partition coefficient (Wildman–Crippen LogP) is 2.33. The number of benzene rings is 1. The van der Waals surface area contributed by atoms with E-state index in [2.05, 4.69) is 14.9 Å². The summed E-state index contributed by atoms with van der Waals surface area (Å²) in [6.45, 7) is 3.40. The number of aliphatic hydroxyl groups is 1. The lowest BCUT2D eigenvalue weighted by Gasteiger charge is -2.35. The van der Waals surface area contributed by atoms with E-state index in [1.165, 1.54) is 0 Å². The van der Waals surface area contributed by atoms with Crippen LogP contribution < -0.4 is 15.4 Å². The lowest BCUT2D eigenvalue weighted by atomic mass is 10.3. The molecule has 2 heterocycles. The van der Waals surface area contributed by atoms with Gasteiger partial charge in [0.2, 0.25) is 0 Å². The highest BCUT2D eigenvalue weighted by Crippen LogP contribution is 2.31. The zero-order valence-electron chi connectivity index (χ0n) is 14.6. The third-order valence-electron chi connectivity index (χ3n) is 4.10. The number of aliphatic imine (C=N–C) groups is 1. The molecule has 0 bridgehead atoms. The van der Waals surface area contributed by atoms with Crippen molar-refractivity contribution in [3.8, 4) is 5.75 Å². The highest BCUT2D eigenvalue weighted by atomic mass is 35.5. The summed E-state index contributed by atoms with van der Waals surface area (Å²) in [6, 6.07) is 5.10. The van der Waals surface area contributed by atoms with Crippen molar-refractivity contribution < 1.29 is 9.84 Å². The first kappa shape index (κ1) is 20.0. The molecule has 1 saturated heterocycles. The number of hydrogen-bond donors (Lipinski definition) is 2. The van der Waals surface area contributed by atoms with Crippen LogP contribution >= 0.6 is 34.5 Å². The smallest absolute Gasteiger partial charge is 0.191 e. The molecule has 10 heteroatoms. The number of thiazole rings is 1. The molecule has 1 fully saturated rings. The lowest BCUT2D eigenvalue weighted by Crippen LogP contribution is -2.51. The maximum absolute atomic E-state index is 10.1. The van der Waals surface area contributed by atoms with Crippen LogP contribution in [0.25, 0.3) is 0 Å². The average molecular weight is 430 g/mol. The molecule has 2 aromatic rings. The van der Waals surface area contributed by atoms with Gasteiger partial charge < -0.3 is 25.4 Å². The third-order valence-corrected chi connectivity index (χ3v) is 5.74. The molecule has 1 aliphatic heterocycles. The molecule has 0 spiro atoms. The minimum Gasteiger partial charge on any atom is -0.489 e. The Morgan fingerprint density at radius 2 is 2.11 bits per heavy atom. The molecule has 0 saturated carbocycles. The summed E-state index contributed by atoms with van der Waals surface area (Å²) in [4.78, 5) is 12.8. The monoisotopic (exact) mass is 429 g/mol. The number of nitrogens with two attached hydrogens (primary N) is 1. The van der Waals surface area contributed by atoms with Gasteiger partial charge in [0.05, 0.1) is 11.6 Å². The third kappa shape index (κ3) is 5.38. The van der Waals surface area contributed by atoms with E-state index in [1.807, 2.05) is 16.5 Å².